The highest BCUT2D eigenvalue weighted by molar-refractivity contribution is 6.00. The molecule has 4 rings (SSSR count). The van der Waals surface area contributed by atoms with Crippen molar-refractivity contribution in [2.45, 2.75) is 18.9 Å². The molecule has 0 spiro atoms. The summed E-state index contributed by atoms with van der Waals surface area (Å²) < 4.78 is 7.00. The maximum absolute atomic E-state index is 13.6. The van der Waals surface area contributed by atoms with E-state index in [0.29, 0.717) is 24.3 Å². The molecule has 172 valence electrons. The normalized spacial score (nSPS) is 14.5. The Hall–Kier alpha value is -3.65. The number of hydrogen-bond donors (Lipinski definition) is 1. The zero-order chi connectivity index (χ0) is 23.4. The summed E-state index contributed by atoms with van der Waals surface area (Å²) in [5.41, 5.74) is 2.88. The highest BCUT2D eigenvalue weighted by Crippen LogP contribution is 2.28. The number of ether oxygens (including phenoxy) is 1. The number of carbonyl (C=O) groups is 2. The summed E-state index contributed by atoms with van der Waals surface area (Å²) in [6.45, 7) is 1.15. The number of methoxy groups -OCH3 is 1. The second kappa shape index (κ2) is 9.87. The first-order valence-corrected chi connectivity index (χ1v) is 11.0. The van der Waals surface area contributed by atoms with E-state index in [1.807, 2.05) is 71.4 Å². The first-order chi connectivity index (χ1) is 16.0. The lowest BCUT2D eigenvalue weighted by Crippen LogP contribution is -2.46. The molecule has 0 atom stereocenters. The van der Waals surface area contributed by atoms with E-state index < -0.39 is 5.97 Å². The highest BCUT2D eigenvalue weighted by atomic mass is 16.5. The second-order valence-electron chi connectivity index (χ2n) is 8.23. The fourth-order valence-corrected chi connectivity index (χ4v) is 4.23. The van der Waals surface area contributed by atoms with Gasteiger partial charge in [0.05, 0.1) is 24.9 Å². The molecule has 0 aliphatic carbocycles. The molecule has 1 amide bonds. The third-order valence-corrected chi connectivity index (χ3v) is 6.09. The van der Waals surface area contributed by atoms with Crippen molar-refractivity contribution in [3.63, 3.8) is 0 Å². The van der Waals surface area contributed by atoms with Crippen molar-refractivity contribution in [1.82, 2.24) is 19.6 Å². The van der Waals surface area contributed by atoms with E-state index in [1.54, 1.807) is 18.0 Å². The minimum atomic E-state index is -0.839. The summed E-state index contributed by atoms with van der Waals surface area (Å²) in [6, 6.07) is 17.4. The number of piperidine rings is 1. The maximum Gasteiger partial charge on any atom is 0.317 e. The van der Waals surface area contributed by atoms with Crippen LogP contribution in [-0.4, -0.2) is 76.4 Å². The van der Waals surface area contributed by atoms with Crippen LogP contribution in [-0.2, 0) is 4.79 Å². The largest absolute Gasteiger partial charge is 0.497 e. The highest BCUT2D eigenvalue weighted by Gasteiger charge is 2.29. The Bertz CT molecular complexity index is 1100. The van der Waals surface area contributed by atoms with E-state index in [9.17, 15) is 9.59 Å². The molecule has 8 nitrogen and oxygen atoms in total. The van der Waals surface area contributed by atoms with Crippen LogP contribution in [0.5, 0.6) is 5.75 Å². The zero-order valence-corrected chi connectivity index (χ0v) is 18.8. The van der Waals surface area contributed by atoms with E-state index in [1.165, 1.54) is 0 Å². The molecule has 3 aromatic rings. The minimum absolute atomic E-state index is 0.00404. The number of aliphatic carboxylic acids is 1. The van der Waals surface area contributed by atoms with Gasteiger partial charge >= 0.3 is 5.97 Å². The van der Waals surface area contributed by atoms with Crippen LogP contribution in [0.3, 0.4) is 0 Å². The van der Waals surface area contributed by atoms with Crippen molar-refractivity contribution in [2.75, 3.05) is 33.8 Å². The predicted molar refractivity (Wildman–Crippen MR) is 125 cm³/mol. The van der Waals surface area contributed by atoms with Gasteiger partial charge in [0.15, 0.2) is 0 Å². The fraction of sp³-hybridized carbons (Fsp3) is 0.320. The average Bonchev–Trinajstić information content (AvgIpc) is 3.29. The quantitative estimate of drug-likeness (QED) is 0.597. The van der Waals surface area contributed by atoms with Crippen LogP contribution < -0.4 is 4.74 Å². The molecule has 0 radical (unpaired) electrons. The monoisotopic (exact) mass is 448 g/mol. The Morgan fingerprint density at radius 2 is 1.76 bits per heavy atom. The van der Waals surface area contributed by atoms with E-state index in [4.69, 9.17) is 14.9 Å². The van der Waals surface area contributed by atoms with Crippen molar-refractivity contribution in [3.8, 4) is 22.7 Å². The lowest BCUT2D eigenvalue weighted by atomic mass is 10.0. The van der Waals surface area contributed by atoms with E-state index in [-0.39, 0.29) is 18.5 Å². The standard InChI is InChI=1S/C25H28N4O4/c1-27(17-23(30)31)19-12-14-28(15-13-19)25(32)22-16-29(20-6-4-3-5-7-20)26-24(22)18-8-10-21(33-2)11-9-18/h3-11,16,19H,12-15,17H2,1-2H3,(H,30,31). The van der Waals surface area contributed by atoms with Gasteiger partial charge in [-0.05, 0) is 56.3 Å². The van der Waals surface area contributed by atoms with Gasteiger partial charge in [-0.3, -0.25) is 14.5 Å². The topological polar surface area (TPSA) is 87.9 Å². The number of carbonyl (C=O) groups excluding carboxylic acids is 1. The summed E-state index contributed by atoms with van der Waals surface area (Å²) in [7, 11) is 3.44. The average molecular weight is 449 g/mol. The van der Waals surface area contributed by atoms with E-state index in [2.05, 4.69) is 0 Å². The smallest absolute Gasteiger partial charge is 0.317 e. The first kappa shape index (κ1) is 22.5. The number of rotatable bonds is 7. The molecule has 8 heteroatoms. The van der Waals surface area contributed by atoms with Gasteiger partial charge in [0.2, 0.25) is 0 Å². The third-order valence-electron chi connectivity index (χ3n) is 6.09. The van der Waals surface area contributed by atoms with Crippen LogP contribution in [0.4, 0.5) is 0 Å². The second-order valence-corrected chi connectivity index (χ2v) is 8.23. The van der Waals surface area contributed by atoms with Crippen molar-refractivity contribution in [3.05, 3.63) is 66.4 Å². The molecular weight excluding hydrogens is 420 g/mol. The molecule has 1 N–H and O–H groups in total. The zero-order valence-electron chi connectivity index (χ0n) is 18.8. The van der Waals surface area contributed by atoms with Crippen LogP contribution in [0.1, 0.15) is 23.2 Å². The van der Waals surface area contributed by atoms with Gasteiger partial charge in [0, 0.05) is 30.9 Å². The summed E-state index contributed by atoms with van der Waals surface area (Å²) in [6.07, 6.45) is 3.26. The Kier molecular flexibility index (Phi) is 6.74. The van der Waals surface area contributed by atoms with Crippen LogP contribution >= 0.6 is 0 Å². The molecule has 1 aromatic heterocycles. The van der Waals surface area contributed by atoms with Crippen LogP contribution in [0, 0.1) is 0 Å². The van der Waals surface area contributed by atoms with Gasteiger partial charge in [0.25, 0.3) is 5.91 Å². The van der Waals surface area contributed by atoms with Crippen molar-refractivity contribution in [2.24, 2.45) is 0 Å². The molecule has 0 unspecified atom stereocenters. The van der Waals surface area contributed by atoms with Gasteiger partial charge in [-0.1, -0.05) is 18.2 Å². The summed E-state index contributed by atoms with van der Waals surface area (Å²) in [5.74, 6) is -0.169. The summed E-state index contributed by atoms with van der Waals surface area (Å²) in [4.78, 5) is 28.3. The van der Waals surface area contributed by atoms with E-state index in [0.717, 1.165) is 29.8 Å². The predicted octanol–water partition coefficient (Wildman–Crippen LogP) is 3.17. The molecule has 1 aliphatic heterocycles. The molecular formula is C25H28N4O4. The molecule has 0 saturated carbocycles. The Morgan fingerprint density at radius 1 is 1.09 bits per heavy atom. The number of benzene rings is 2. The number of para-hydroxylation sites is 1. The number of likely N-dealkylation sites (N-methyl/N-ethyl adjacent to an activating group) is 1. The lowest BCUT2D eigenvalue weighted by Gasteiger charge is -2.36. The number of likely N-dealkylation sites (tertiary alicyclic amines) is 1. The van der Waals surface area contributed by atoms with Gasteiger partial charge < -0.3 is 14.7 Å². The number of hydrogen-bond acceptors (Lipinski definition) is 5. The number of nitrogens with zero attached hydrogens (tertiary/aromatic N) is 4. The molecule has 2 aromatic carbocycles. The van der Waals surface area contributed by atoms with Crippen LogP contribution in [0.25, 0.3) is 16.9 Å². The first-order valence-electron chi connectivity index (χ1n) is 11.0. The van der Waals surface area contributed by atoms with Gasteiger partial charge in [-0.25, -0.2) is 4.68 Å². The minimum Gasteiger partial charge on any atom is -0.497 e. The molecule has 33 heavy (non-hydrogen) atoms. The Balaban J connectivity index is 1.60. The number of amides is 1. The number of carboxylic acids is 1. The Labute approximate surface area is 193 Å². The fourth-order valence-electron chi connectivity index (χ4n) is 4.23. The molecule has 0 bridgehead atoms. The SMILES string of the molecule is COc1ccc(-c2nn(-c3ccccc3)cc2C(=O)N2CCC(N(C)CC(=O)O)CC2)cc1. The summed E-state index contributed by atoms with van der Waals surface area (Å²) in [5, 5.41) is 13.8. The van der Waals surface area contributed by atoms with E-state index >= 15 is 0 Å². The third kappa shape index (κ3) is 5.06. The molecule has 1 aliphatic rings. The van der Waals surface area contributed by atoms with Crippen LogP contribution in [0.2, 0.25) is 0 Å². The molecule has 1 fully saturated rings. The molecule has 2 heterocycles. The van der Waals surface area contributed by atoms with Gasteiger partial charge in [0.1, 0.15) is 11.4 Å². The number of carboxylic acid groups (broad SMARTS) is 1. The van der Waals surface area contributed by atoms with Crippen molar-refractivity contribution >= 4 is 11.9 Å². The number of aromatic nitrogens is 2. The summed E-state index contributed by atoms with van der Waals surface area (Å²) >= 11 is 0. The Morgan fingerprint density at radius 3 is 2.36 bits per heavy atom. The van der Waals surface area contributed by atoms with Gasteiger partial charge in [-0.2, -0.15) is 5.10 Å². The van der Waals surface area contributed by atoms with Crippen LogP contribution in [0.15, 0.2) is 60.8 Å². The van der Waals surface area contributed by atoms with Crippen molar-refractivity contribution < 1.29 is 19.4 Å². The van der Waals surface area contributed by atoms with Gasteiger partial charge in [-0.15, -0.1) is 0 Å². The lowest BCUT2D eigenvalue weighted by molar-refractivity contribution is -0.138. The molecule has 1 saturated heterocycles. The van der Waals surface area contributed by atoms with Crippen molar-refractivity contribution in [1.29, 1.82) is 0 Å². The maximum atomic E-state index is 13.6.